The number of nitrogens with one attached hydrogen (secondary N) is 2. The van der Waals surface area contributed by atoms with Crippen molar-refractivity contribution in [2.45, 2.75) is 12.5 Å². The molecule has 2 aromatic carbocycles. The molecule has 0 radical (unpaired) electrons. The van der Waals surface area contributed by atoms with Gasteiger partial charge in [0.2, 0.25) is 5.91 Å². The molecule has 166 valence electrons. The Labute approximate surface area is 196 Å². The number of aromatic nitrogens is 1. The van der Waals surface area contributed by atoms with Gasteiger partial charge in [-0.2, -0.15) is 0 Å². The Bertz CT molecular complexity index is 1290. The van der Waals surface area contributed by atoms with E-state index in [0.717, 1.165) is 57.8 Å². The number of thiophene rings is 1. The van der Waals surface area contributed by atoms with Crippen LogP contribution in [0.25, 0.3) is 27.3 Å². The number of nitrogen functional groups attached to an aromatic ring is 1. The molecule has 0 saturated carbocycles. The van der Waals surface area contributed by atoms with Crippen molar-refractivity contribution in [3.05, 3.63) is 77.8 Å². The highest BCUT2D eigenvalue weighted by molar-refractivity contribution is 7.18. The molecule has 1 atom stereocenters. The zero-order valence-corrected chi connectivity index (χ0v) is 18.8. The molecule has 0 bridgehead atoms. The number of ether oxygens (including phenoxy) is 1. The first-order valence-corrected chi connectivity index (χ1v) is 11.7. The van der Waals surface area contributed by atoms with Crippen molar-refractivity contribution in [2.24, 2.45) is 0 Å². The van der Waals surface area contributed by atoms with Crippen molar-refractivity contribution in [2.75, 3.05) is 18.8 Å². The molecule has 0 unspecified atom stereocenters. The fraction of sp³-hybridized carbons (Fsp3) is 0.154. The van der Waals surface area contributed by atoms with Gasteiger partial charge in [-0.05, 0) is 54.3 Å². The molecule has 7 heteroatoms. The van der Waals surface area contributed by atoms with Crippen LogP contribution >= 0.6 is 11.3 Å². The minimum Gasteiger partial charge on any atom is -0.457 e. The van der Waals surface area contributed by atoms with Crippen LogP contribution in [0.4, 0.5) is 5.82 Å². The lowest BCUT2D eigenvalue weighted by Crippen LogP contribution is -2.34. The zero-order chi connectivity index (χ0) is 22.6. The maximum atomic E-state index is 12.3. The Kier molecular flexibility index (Phi) is 6.06. The van der Waals surface area contributed by atoms with E-state index in [1.54, 1.807) is 23.6 Å². The summed E-state index contributed by atoms with van der Waals surface area (Å²) in [6.45, 7) is 1.76. The number of rotatable bonds is 6. The maximum Gasteiger partial charge on any atom is 0.244 e. The molecule has 1 aliphatic heterocycles. The second-order valence-electron chi connectivity index (χ2n) is 7.92. The highest BCUT2D eigenvalue weighted by Gasteiger charge is 2.16. The van der Waals surface area contributed by atoms with E-state index in [-0.39, 0.29) is 11.9 Å². The Morgan fingerprint density at radius 2 is 1.94 bits per heavy atom. The van der Waals surface area contributed by atoms with Gasteiger partial charge >= 0.3 is 0 Å². The number of hydrogen-bond donors (Lipinski definition) is 3. The number of anilines is 1. The van der Waals surface area contributed by atoms with E-state index in [1.165, 1.54) is 0 Å². The number of benzene rings is 2. The van der Waals surface area contributed by atoms with Crippen molar-refractivity contribution in [3.63, 3.8) is 0 Å². The second-order valence-corrected chi connectivity index (χ2v) is 8.80. The predicted molar refractivity (Wildman–Crippen MR) is 134 cm³/mol. The first-order valence-electron chi connectivity index (χ1n) is 10.9. The SMILES string of the molecule is Nc1ncc(/C=C/C(=O)N[C@H]2CCNC2)c2scc(-c3ccc(Oc4ccccc4)cc3)c12. The minimum atomic E-state index is -0.0977. The summed E-state index contributed by atoms with van der Waals surface area (Å²) in [5.74, 6) is 1.94. The second kappa shape index (κ2) is 9.44. The first kappa shape index (κ1) is 21.2. The molecule has 4 aromatic rings. The first-order chi connectivity index (χ1) is 16.2. The van der Waals surface area contributed by atoms with Crippen molar-refractivity contribution in [1.82, 2.24) is 15.6 Å². The van der Waals surface area contributed by atoms with Gasteiger partial charge in [0, 0.05) is 46.1 Å². The number of carbonyl (C=O) groups is 1. The summed E-state index contributed by atoms with van der Waals surface area (Å²) in [4.78, 5) is 16.7. The van der Waals surface area contributed by atoms with Gasteiger partial charge in [-0.1, -0.05) is 30.3 Å². The monoisotopic (exact) mass is 456 g/mol. The van der Waals surface area contributed by atoms with Crippen LogP contribution in [0.5, 0.6) is 11.5 Å². The highest BCUT2D eigenvalue weighted by atomic mass is 32.1. The van der Waals surface area contributed by atoms with E-state index < -0.39 is 0 Å². The number of pyridine rings is 1. The van der Waals surface area contributed by atoms with Crippen molar-refractivity contribution >= 4 is 39.2 Å². The number of fused-ring (bicyclic) bond motifs is 1. The number of nitrogens with zero attached hydrogens (tertiary/aromatic N) is 1. The third-order valence-electron chi connectivity index (χ3n) is 5.62. The zero-order valence-electron chi connectivity index (χ0n) is 18.0. The average molecular weight is 457 g/mol. The number of nitrogens with two attached hydrogens (primary N) is 1. The summed E-state index contributed by atoms with van der Waals surface area (Å²) in [5.41, 5.74) is 9.19. The molecule has 1 amide bonds. The molecule has 0 aliphatic carbocycles. The van der Waals surface area contributed by atoms with Gasteiger partial charge in [0.25, 0.3) is 0 Å². The van der Waals surface area contributed by atoms with E-state index in [0.29, 0.717) is 5.82 Å². The molecule has 2 aromatic heterocycles. The lowest BCUT2D eigenvalue weighted by Gasteiger charge is -2.08. The lowest BCUT2D eigenvalue weighted by molar-refractivity contribution is -0.117. The number of para-hydroxylation sites is 1. The van der Waals surface area contributed by atoms with Gasteiger partial charge in [-0.25, -0.2) is 4.98 Å². The molecule has 1 fully saturated rings. The molecule has 4 N–H and O–H groups in total. The Balaban J connectivity index is 1.38. The van der Waals surface area contributed by atoms with Crippen LogP contribution in [0.3, 0.4) is 0 Å². The quantitative estimate of drug-likeness (QED) is 0.362. The molecule has 1 aliphatic rings. The molecular weight excluding hydrogens is 432 g/mol. The molecule has 1 saturated heterocycles. The largest absolute Gasteiger partial charge is 0.457 e. The molecular formula is C26H24N4O2S. The fourth-order valence-corrected chi connectivity index (χ4v) is 5.02. The van der Waals surface area contributed by atoms with Gasteiger partial charge in [-0.15, -0.1) is 11.3 Å². The van der Waals surface area contributed by atoms with Gasteiger partial charge in [0.15, 0.2) is 0 Å². The summed E-state index contributed by atoms with van der Waals surface area (Å²) in [6, 6.07) is 17.8. The molecule has 5 rings (SSSR count). The van der Waals surface area contributed by atoms with Crippen LogP contribution < -0.4 is 21.1 Å². The van der Waals surface area contributed by atoms with E-state index in [4.69, 9.17) is 10.5 Å². The summed E-state index contributed by atoms with van der Waals surface area (Å²) in [5, 5.41) is 9.25. The van der Waals surface area contributed by atoms with Crippen molar-refractivity contribution in [1.29, 1.82) is 0 Å². The van der Waals surface area contributed by atoms with Crippen LogP contribution in [0.15, 0.2) is 72.3 Å². The topological polar surface area (TPSA) is 89.3 Å². The summed E-state index contributed by atoms with van der Waals surface area (Å²) >= 11 is 1.60. The minimum absolute atomic E-state index is 0.0977. The smallest absolute Gasteiger partial charge is 0.244 e. The van der Waals surface area contributed by atoms with E-state index in [9.17, 15) is 4.79 Å². The van der Waals surface area contributed by atoms with Crippen LogP contribution in [0.2, 0.25) is 0 Å². The Morgan fingerprint density at radius 1 is 1.15 bits per heavy atom. The average Bonchev–Trinajstić information content (AvgIpc) is 3.51. The summed E-state index contributed by atoms with van der Waals surface area (Å²) in [6.07, 6.45) is 6.05. The van der Waals surface area contributed by atoms with Gasteiger partial charge in [0.1, 0.15) is 17.3 Å². The highest BCUT2D eigenvalue weighted by Crippen LogP contribution is 2.39. The van der Waals surface area contributed by atoms with Gasteiger partial charge in [0.05, 0.1) is 0 Å². The Hall–Kier alpha value is -3.68. The summed E-state index contributed by atoms with van der Waals surface area (Å²) in [7, 11) is 0. The van der Waals surface area contributed by atoms with Crippen molar-refractivity contribution < 1.29 is 9.53 Å². The number of hydrogen-bond acceptors (Lipinski definition) is 6. The third-order valence-corrected chi connectivity index (χ3v) is 6.65. The van der Waals surface area contributed by atoms with Crippen LogP contribution in [0.1, 0.15) is 12.0 Å². The van der Waals surface area contributed by atoms with E-state index in [1.807, 2.05) is 60.7 Å². The van der Waals surface area contributed by atoms with E-state index in [2.05, 4.69) is 21.0 Å². The van der Waals surface area contributed by atoms with E-state index >= 15 is 0 Å². The number of amides is 1. The molecule has 33 heavy (non-hydrogen) atoms. The fourth-order valence-electron chi connectivity index (χ4n) is 3.94. The molecule has 6 nitrogen and oxygen atoms in total. The van der Waals surface area contributed by atoms with Crippen LogP contribution in [-0.2, 0) is 4.79 Å². The van der Waals surface area contributed by atoms with Crippen LogP contribution in [-0.4, -0.2) is 30.0 Å². The maximum absolute atomic E-state index is 12.3. The summed E-state index contributed by atoms with van der Waals surface area (Å²) < 4.78 is 6.91. The third kappa shape index (κ3) is 4.74. The van der Waals surface area contributed by atoms with Gasteiger partial charge in [-0.3, -0.25) is 4.79 Å². The Morgan fingerprint density at radius 3 is 2.70 bits per heavy atom. The van der Waals surface area contributed by atoms with Crippen molar-refractivity contribution in [3.8, 4) is 22.6 Å². The van der Waals surface area contributed by atoms with Crippen LogP contribution in [0, 0.1) is 0 Å². The normalized spacial score (nSPS) is 15.8. The molecule has 3 heterocycles. The van der Waals surface area contributed by atoms with Gasteiger partial charge < -0.3 is 21.1 Å². The standard InChI is InChI=1S/C26H24N4O2S/c27-26-24-22(17-6-9-21(10-7-17)32-20-4-2-1-3-5-20)16-33-25(24)18(14-29-26)8-11-23(31)30-19-12-13-28-15-19/h1-11,14,16,19,28H,12-13,15H2,(H2,27,29)(H,30,31)/b11-8+/t19-/m0/s1. The number of carbonyl (C=O) groups excluding carboxylic acids is 1. The predicted octanol–water partition coefficient (Wildman–Crippen LogP) is 4.83. The lowest BCUT2D eigenvalue weighted by atomic mass is 10.0. The molecule has 0 spiro atoms.